The summed E-state index contributed by atoms with van der Waals surface area (Å²) in [5.41, 5.74) is 3.65. The van der Waals surface area contributed by atoms with Gasteiger partial charge in [-0.15, -0.1) is 0 Å². The highest BCUT2D eigenvalue weighted by atomic mass is 19.1. The van der Waals surface area contributed by atoms with Crippen LogP contribution in [-0.4, -0.2) is 12.2 Å². The van der Waals surface area contributed by atoms with Crippen molar-refractivity contribution in [3.05, 3.63) is 64.0 Å². The predicted molar refractivity (Wildman–Crippen MR) is 77.7 cm³/mol. The summed E-state index contributed by atoms with van der Waals surface area (Å²) in [6, 6.07) is 8.52. The van der Waals surface area contributed by atoms with E-state index in [0.29, 0.717) is 11.1 Å². The first-order chi connectivity index (χ1) is 9.43. The monoisotopic (exact) mass is 274 g/mol. The summed E-state index contributed by atoms with van der Waals surface area (Å²) in [6.07, 6.45) is -0.973. The lowest BCUT2D eigenvalue weighted by Crippen LogP contribution is -2.04. The van der Waals surface area contributed by atoms with E-state index in [2.05, 4.69) is 0 Å². The molecular weight excluding hydrogens is 255 g/mol. The van der Waals surface area contributed by atoms with Gasteiger partial charge in [-0.2, -0.15) is 0 Å². The van der Waals surface area contributed by atoms with E-state index in [4.69, 9.17) is 4.74 Å². The van der Waals surface area contributed by atoms with Crippen LogP contribution < -0.4 is 4.74 Å². The second-order valence-electron chi connectivity index (χ2n) is 5.12. The van der Waals surface area contributed by atoms with Gasteiger partial charge in [0.05, 0.1) is 7.11 Å². The fraction of sp³-hybridized carbons (Fsp3) is 0.294. The van der Waals surface area contributed by atoms with Crippen LogP contribution in [0.1, 0.15) is 33.9 Å². The van der Waals surface area contributed by atoms with E-state index in [1.54, 1.807) is 19.2 Å². The Bertz CT molecular complexity index is 612. The van der Waals surface area contributed by atoms with Crippen LogP contribution in [0.25, 0.3) is 0 Å². The number of aryl methyl sites for hydroxylation is 3. The third kappa shape index (κ3) is 2.68. The molecule has 1 N–H and O–H groups in total. The van der Waals surface area contributed by atoms with E-state index in [1.807, 2.05) is 32.9 Å². The predicted octanol–water partition coefficient (Wildman–Crippen LogP) is 3.84. The Morgan fingerprint density at radius 1 is 1.05 bits per heavy atom. The zero-order chi connectivity index (χ0) is 14.9. The molecule has 0 aromatic heterocycles. The Labute approximate surface area is 118 Å². The molecule has 0 aliphatic rings. The second kappa shape index (κ2) is 5.63. The summed E-state index contributed by atoms with van der Waals surface area (Å²) < 4.78 is 19.2. The Morgan fingerprint density at radius 3 is 2.15 bits per heavy atom. The Balaban J connectivity index is 2.45. The average molecular weight is 274 g/mol. The van der Waals surface area contributed by atoms with Gasteiger partial charge >= 0.3 is 0 Å². The van der Waals surface area contributed by atoms with Crippen molar-refractivity contribution in [1.82, 2.24) is 0 Å². The zero-order valence-corrected chi connectivity index (χ0v) is 12.2. The van der Waals surface area contributed by atoms with Crippen LogP contribution in [0.5, 0.6) is 5.75 Å². The maximum Gasteiger partial charge on any atom is 0.129 e. The molecule has 20 heavy (non-hydrogen) atoms. The molecule has 0 saturated heterocycles. The molecule has 0 radical (unpaired) electrons. The van der Waals surface area contributed by atoms with Crippen molar-refractivity contribution in [2.75, 3.05) is 7.11 Å². The summed E-state index contributed by atoms with van der Waals surface area (Å²) in [6.45, 7) is 5.64. The number of halogens is 1. The number of hydrogen-bond acceptors (Lipinski definition) is 2. The van der Waals surface area contributed by atoms with E-state index in [-0.39, 0.29) is 5.82 Å². The van der Waals surface area contributed by atoms with Crippen molar-refractivity contribution < 1.29 is 14.2 Å². The molecule has 0 aliphatic heterocycles. The van der Waals surface area contributed by atoms with Gasteiger partial charge in [-0.05, 0) is 61.2 Å². The third-order valence-electron chi connectivity index (χ3n) is 3.45. The van der Waals surface area contributed by atoms with Crippen molar-refractivity contribution >= 4 is 0 Å². The molecule has 0 heterocycles. The molecule has 0 aliphatic carbocycles. The lowest BCUT2D eigenvalue weighted by atomic mass is 9.96. The van der Waals surface area contributed by atoms with Crippen molar-refractivity contribution in [2.45, 2.75) is 26.9 Å². The number of benzene rings is 2. The van der Waals surface area contributed by atoms with Gasteiger partial charge in [0.1, 0.15) is 17.7 Å². The fourth-order valence-corrected chi connectivity index (χ4v) is 2.50. The maximum atomic E-state index is 13.9. The number of rotatable bonds is 3. The number of methoxy groups -OCH3 is 1. The topological polar surface area (TPSA) is 29.5 Å². The molecule has 1 unspecified atom stereocenters. The third-order valence-corrected chi connectivity index (χ3v) is 3.45. The van der Waals surface area contributed by atoms with Gasteiger partial charge in [-0.1, -0.05) is 12.1 Å². The van der Waals surface area contributed by atoms with E-state index < -0.39 is 6.10 Å². The second-order valence-corrected chi connectivity index (χ2v) is 5.12. The van der Waals surface area contributed by atoms with Crippen LogP contribution in [-0.2, 0) is 0 Å². The molecule has 106 valence electrons. The molecule has 0 saturated carbocycles. The molecule has 3 heteroatoms. The van der Waals surface area contributed by atoms with Crippen molar-refractivity contribution in [3.63, 3.8) is 0 Å². The Hall–Kier alpha value is -1.87. The summed E-state index contributed by atoms with van der Waals surface area (Å²) in [5.74, 6) is 0.411. The van der Waals surface area contributed by atoms with Gasteiger partial charge in [0.15, 0.2) is 0 Å². The largest absolute Gasteiger partial charge is 0.496 e. The molecule has 2 aromatic carbocycles. The lowest BCUT2D eigenvalue weighted by Gasteiger charge is -2.16. The minimum Gasteiger partial charge on any atom is -0.496 e. The zero-order valence-electron chi connectivity index (χ0n) is 12.2. The smallest absolute Gasteiger partial charge is 0.129 e. The first kappa shape index (κ1) is 14.5. The minimum atomic E-state index is -0.973. The number of aliphatic hydroxyl groups is 1. The van der Waals surface area contributed by atoms with Gasteiger partial charge in [0, 0.05) is 5.56 Å². The summed E-state index contributed by atoms with van der Waals surface area (Å²) in [5, 5.41) is 10.4. The Morgan fingerprint density at radius 2 is 1.65 bits per heavy atom. The van der Waals surface area contributed by atoms with E-state index in [1.165, 1.54) is 6.07 Å². The molecule has 2 aromatic rings. The molecule has 0 amide bonds. The average Bonchev–Trinajstić information content (AvgIpc) is 2.37. The molecule has 1 atom stereocenters. The Kier molecular flexibility index (Phi) is 4.09. The van der Waals surface area contributed by atoms with E-state index in [9.17, 15) is 9.50 Å². The highest BCUT2D eigenvalue weighted by Gasteiger charge is 2.17. The van der Waals surface area contributed by atoms with Gasteiger partial charge in [0.2, 0.25) is 0 Å². The highest BCUT2D eigenvalue weighted by Crippen LogP contribution is 2.31. The number of aliphatic hydroxyl groups excluding tert-OH is 1. The molecule has 2 nitrogen and oxygen atoms in total. The fourth-order valence-electron chi connectivity index (χ4n) is 2.50. The van der Waals surface area contributed by atoms with Gasteiger partial charge in [-0.25, -0.2) is 4.39 Å². The van der Waals surface area contributed by atoms with Crippen LogP contribution in [0, 0.1) is 26.6 Å². The van der Waals surface area contributed by atoms with Gasteiger partial charge in [0.25, 0.3) is 0 Å². The SMILES string of the molecule is COc1c(C)cc(C(O)c2ccc(C)cc2F)cc1C. The number of ether oxygens (including phenoxy) is 1. The molecule has 0 fully saturated rings. The molecule has 2 rings (SSSR count). The summed E-state index contributed by atoms with van der Waals surface area (Å²) in [7, 11) is 1.62. The standard InChI is InChI=1S/C17H19FO2/c1-10-5-6-14(15(18)7-10)16(19)13-8-11(2)17(20-4)12(3)9-13/h5-9,16,19H,1-4H3. The van der Waals surface area contributed by atoms with Crippen LogP contribution in [0.3, 0.4) is 0 Å². The minimum absolute atomic E-state index is 0.291. The van der Waals surface area contributed by atoms with Crippen LogP contribution in [0.15, 0.2) is 30.3 Å². The summed E-state index contributed by atoms with van der Waals surface area (Å²) in [4.78, 5) is 0. The van der Waals surface area contributed by atoms with Crippen molar-refractivity contribution in [1.29, 1.82) is 0 Å². The quantitative estimate of drug-likeness (QED) is 0.921. The van der Waals surface area contributed by atoms with Gasteiger partial charge in [-0.3, -0.25) is 0 Å². The first-order valence-corrected chi connectivity index (χ1v) is 6.53. The van der Waals surface area contributed by atoms with E-state index >= 15 is 0 Å². The van der Waals surface area contributed by atoms with Crippen LogP contribution >= 0.6 is 0 Å². The summed E-state index contributed by atoms with van der Waals surface area (Å²) >= 11 is 0. The normalized spacial score (nSPS) is 12.3. The molecular formula is C17H19FO2. The van der Waals surface area contributed by atoms with Crippen LogP contribution in [0.4, 0.5) is 4.39 Å². The van der Waals surface area contributed by atoms with E-state index in [0.717, 1.165) is 22.4 Å². The van der Waals surface area contributed by atoms with Crippen LogP contribution in [0.2, 0.25) is 0 Å². The highest BCUT2D eigenvalue weighted by molar-refractivity contribution is 5.46. The number of hydrogen-bond donors (Lipinski definition) is 1. The molecule has 0 spiro atoms. The van der Waals surface area contributed by atoms with Gasteiger partial charge < -0.3 is 9.84 Å². The first-order valence-electron chi connectivity index (χ1n) is 6.53. The lowest BCUT2D eigenvalue weighted by molar-refractivity contribution is 0.214. The van der Waals surface area contributed by atoms with Crippen molar-refractivity contribution in [3.8, 4) is 5.75 Å². The van der Waals surface area contributed by atoms with Crippen molar-refractivity contribution in [2.24, 2.45) is 0 Å². The maximum absolute atomic E-state index is 13.9. The molecule has 0 bridgehead atoms.